The first-order chi connectivity index (χ1) is 9.56. The van der Waals surface area contributed by atoms with Crippen LogP contribution >= 0.6 is 22.9 Å². The number of hydrogen-bond donors (Lipinski definition) is 1. The lowest BCUT2D eigenvalue weighted by Gasteiger charge is -2.02. The summed E-state index contributed by atoms with van der Waals surface area (Å²) in [6, 6.07) is 7.47. The molecule has 2 N–H and O–H groups in total. The van der Waals surface area contributed by atoms with E-state index in [1.54, 1.807) is 11.3 Å². The first-order valence-electron chi connectivity index (χ1n) is 6.01. The van der Waals surface area contributed by atoms with Gasteiger partial charge in [-0.15, -0.1) is 11.3 Å². The van der Waals surface area contributed by atoms with Crippen LogP contribution in [0.25, 0.3) is 21.7 Å². The van der Waals surface area contributed by atoms with Gasteiger partial charge in [-0.25, -0.2) is 4.98 Å². The van der Waals surface area contributed by atoms with Gasteiger partial charge in [0.15, 0.2) is 0 Å². The number of aryl methyl sites for hydroxylation is 2. The van der Waals surface area contributed by atoms with E-state index in [9.17, 15) is 0 Å². The maximum absolute atomic E-state index is 6.05. The van der Waals surface area contributed by atoms with Gasteiger partial charge in [0, 0.05) is 5.02 Å². The predicted molar refractivity (Wildman–Crippen MR) is 81.9 cm³/mol. The van der Waals surface area contributed by atoms with Crippen LogP contribution in [0.2, 0.25) is 5.02 Å². The molecular formula is C14H12ClN3OS. The first-order valence-corrected chi connectivity index (χ1v) is 7.21. The third-order valence-electron chi connectivity index (χ3n) is 2.95. The Morgan fingerprint density at radius 3 is 2.75 bits per heavy atom. The highest BCUT2D eigenvalue weighted by Gasteiger charge is 2.21. The quantitative estimate of drug-likeness (QED) is 0.766. The number of halogens is 1. The lowest BCUT2D eigenvalue weighted by atomic mass is 10.0. The van der Waals surface area contributed by atoms with Crippen LogP contribution in [0.15, 0.2) is 28.8 Å². The molecule has 0 unspecified atom stereocenters. The molecule has 0 aliphatic carbocycles. The minimum absolute atomic E-state index is 0.285. The molecule has 0 spiro atoms. The number of anilines is 1. The summed E-state index contributed by atoms with van der Waals surface area (Å²) >= 11 is 7.62. The molecule has 102 valence electrons. The van der Waals surface area contributed by atoms with Gasteiger partial charge in [-0.05, 0) is 31.5 Å². The Morgan fingerprint density at radius 2 is 2.10 bits per heavy atom. The van der Waals surface area contributed by atoms with Crippen molar-refractivity contribution >= 4 is 28.8 Å². The van der Waals surface area contributed by atoms with Crippen molar-refractivity contribution < 1.29 is 4.52 Å². The average molecular weight is 306 g/mol. The molecule has 0 saturated carbocycles. The SMILES string of the molecule is Cc1nc(C)c(-c2noc(N)c2-c2cccc(Cl)c2)s1. The Kier molecular flexibility index (Phi) is 3.23. The van der Waals surface area contributed by atoms with Crippen LogP contribution in [-0.4, -0.2) is 10.1 Å². The van der Waals surface area contributed by atoms with Gasteiger partial charge in [0.05, 0.1) is 21.1 Å². The lowest BCUT2D eigenvalue weighted by molar-refractivity contribution is 0.439. The van der Waals surface area contributed by atoms with E-state index in [4.69, 9.17) is 21.9 Å². The van der Waals surface area contributed by atoms with Crippen LogP contribution in [0, 0.1) is 13.8 Å². The molecule has 0 aliphatic heterocycles. The Bertz CT molecular complexity index is 779. The van der Waals surface area contributed by atoms with Gasteiger partial charge in [-0.2, -0.15) is 0 Å². The molecule has 0 radical (unpaired) electrons. The molecule has 0 aliphatic rings. The number of nitrogen functional groups attached to an aromatic ring is 1. The first kappa shape index (κ1) is 13.1. The fraction of sp³-hybridized carbons (Fsp3) is 0.143. The maximum atomic E-state index is 6.05. The number of nitrogens with zero attached hydrogens (tertiary/aromatic N) is 2. The summed E-state index contributed by atoms with van der Waals surface area (Å²) in [4.78, 5) is 5.39. The number of benzene rings is 1. The van der Waals surface area contributed by atoms with Crippen LogP contribution in [0.5, 0.6) is 0 Å². The van der Waals surface area contributed by atoms with Gasteiger partial charge in [0.25, 0.3) is 0 Å². The summed E-state index contributed by atoms with van der Waals surface area (Å²) in [6.45, 7) is 3.91. The molecule has 0 saturated heterocycles. The number of nitrogens with two attached hydrogens (primary N) is 1. The third kappa shape index (κ3) is 2.19. The van der Waals surface area contributed by atoms with Crippen LogP contribution in [0.3, 0.4) is 0 Å². The van der Waals surface area contributed by atoms with Crippen molar-refractivity contribution in [3.05, 3.63) is 40.0 Å². The van der Waals surface area contributed by atoms with Crippen molar-refractivity contribution in [3.8, 4) is 21.7 Å². The van der Waals surface area contributed by atoms with E-state index in [1.807, 2.05) is 38.1 Å². The Morgan fingerprint density at radius 1 is 1.30 bits per heavy atom. The summed E-state index contributed by atoms with van der Waals surface area (Å²) in [5, 5.41) is 5.72. The summed E-state index contributed by atoms with van der Waals surface area (Å²) in [6.07, 6.45) is 0. The van der Waals surface area contributed by atoms with E-state index in [2.05, 4.69) is 10.1 Å². The van der Waals surface area contributed by atoms with Crippen molar-refractivity contribution in [1.29, 1.82) is 0 Å². The molecule has 2 aromatic heterocycles. The van der Waals surface area contributed by atoms with Crippen molar-refractivity contribution in [2.75, 3.05) is 5.73 Å². The minimum Gasteiger partial charge on any atom is -0.367 e. The predicted octanol–water partition coefficient (Wildman–Crippen LogP) is 4.32. The molecule has 4 nitrogen and oxygen atoms in total. The summed E-state index contributed by atoms with van der Waals surface area (Å²) in [5.41, 5.74) is 9.21. The number of thiazole rings is 1. The van der Waals surface area contributed by atoms with Crippen LogP contribution in [0.4, 0.5) is 5.88 Å². The fourth-order valence-electron chi connectivity index (χ4n) is 2.13. The lowest BCUT2D eigenvalue weighted by Crippen LogP contribution is -1.87. The van der Waals surface area contributed by atoms with E-state index in [1.165, 1.54) is 0 Å². The largest absolute Gasteiger partial charge is 0.367 e. The number of hydrogen-bond acceptors (Lipinski definition) is 5. The molecule has 0 atom stereocenters. The molecule has 0 amide bonds. The van der Waals surface area contributed by atoms with Gasteiger partial charge in [-0.3, -0.25) is 0 Å². The maximum Gasteiger partial charge on any atom is 0.230 e. The second-order valence-electron chi connectivity index (χ2n) is 4.43. The van der Waals surface area contributed by atoms with E-state index in [-0.39, 0.29) is 5.88 Å². The monoisotopic (exact) mass is 305 g/mol. The van der Waals surface area contributed by atoms with E-state index in [0.29, 0.717) is 10.7 Å². The second kappa shape index (κ2) is 4.92. The molecular weight excluding hydrogens is 294 g/mol. The zero-order valence-corrected chi connectivity index (χ0v) is 12.5. The Labute approximate surface area is 125 Å². The molecule has 1 aromatic carbocycles. The molecule has 3 rings (SSSR count). The fourth-order valence-corrected chi connectivity index (χ4v) is 3.23. The van der Waals surface area contributed by atoms with Crippen LogP contribution in [-0.2, 0) is 0 Å². The summed E-state index contributed by atoms with van der Waals surface area (Å²) in [5.74, 6) is 0.285. The van der Waals surface area contributed by atoms with Gasteiger partial charge >= 0.3 is 0 Å². The van der Waals surface area contributed by atoms with E-state index in [0.717, 1.165) is 26.7 Å². The van der Waals surface area contributed by atoms with Crippen LogP contribution in [0.1, 0.15) is 10.7 Å². The minimum atomic E-state index is 0.285. The highest BCUT2D eigenvalue weighted by Crippen LogP contribution is 2.40. The molecule has 3 aromatic rings. The van der Waals surface area contributed by atoms with Crippen molar-refractivity contribution in [2.24, 2.45) is 0 Å². The number of rotatable bonds is 2. The van der Waals surface area contributed by atoms with Gasteiger partial charge in [0.2, 0.25) is 5.88 Å². The van der Waals surface area contributed by atoms with Crippen molar-refractivity contribution in [2.45, 2.75) is 13.8 Å². The Balaban J connectivity index is 2.22. The van der Waals surface area contributed by atoms with Crippen molar-refractivity contribution in [1.82, 2.24) is 10.1 Å². The molecule has 0 fully saturated rings. The molecule has 2 heterocycles. The molecule has 6 heteroatoms. The Hall–Kier alpha value is -1.85. The average Bonchev–Trinajstić information content (AvgIpc) is 2.92. The highest BCUT2D eigenvalue weighted by atomic mass is 35.5. The van der Waals surface area contributed by atoms with Gasteiger partial charge < -0.3 is 10.3 Å². The standard InChI is InChI=1S/C14H12ClN3OS/c1-7-13(20-8(2)17-7)12-11(14(16)19-18-12)9-4-3-5-10(15)6-9/h3-6H,16H2,1-2H3. The molecule has 0 bridgehead atoms. The zero-order valence-electron chi connectivity index (χ0n) is 11.0. The van der Waals surface area contributed by atoms with Crippen LogP contribution < -0.4 is 5.73 Å². The summed E-state index contributed by atoms with van der Waals surface area (Å²) in [7, 11) is 0. The zero-order chi connectivity index (χ0) is 14.3. The van der Waals surface area contributed by atoms with Crippen molar-refractivity contribution in [3.63, 3.8) is 0 Å². The smallest absolute Gasteiger partial charge is 0.230 e. The van der Waals surface area contributed by atoms with E-state index >= 15 is 0 Å². The summed E-state index contributed by atoms with van der Waals surface area (Å²) < 4.78 is 5.17. The highest BCUT2D eigenvalue weighted by molar-refractivity contribution is 7.15. The molecule has 20 heavy (non-hydrogen) atoms. The normalized spacial score (nSPS) is 10.9. The van der Waals surface area contributed by atoms with E-state index < -0.39 is 0 Å². The number of aromatic nitrogens is 2. The third-order valence-corrected chi connectivity index (χ3v) is 4.27. The topological polar surface area (TPSA) is 64.9 Å². The van der Waals surface area contributed by atoms with Gasteiger partial charge in [-0.1, -0.05) is 28.9 Å². The van der Waals surface area contributed by atoms with Gasteiger partial charge in [0.1, 0.15) is 5.69 Å². The second-order valence-corrected chi connectivity index (χ2v) is 6.07.